The Morgan fingerprint density at radius 1 is 0.950 bits per heavy atom. The van der Waals surface area contributed by atoms with Crippen LogP contribution in [0, 0.1) is 26.6 Å². The summed E-state index contributed by atoms with van der Waals surface area (Å²) in [4.78, 5) is 0. The standard InChI is InChI=1S/C18H21FO/c1-12-6-13(2)8-15(7-12)9-18(20)11-16-10-17(19)5-4-14(16)3/h4-8,10,18,20H,9,11H2,1-3H3. The fraction of sp³-hybridized carbons (Fsp3) is 0.333. The van der Waals surface area contributed by atoms with Gasteiger partial charge in [-0.25, -0.2) is 4.39 Å². The van der Waals surface area contributed by atoms with Crippen molar-refractivity contribution >= 4 is 0 Å². The molecule has 0 aliphatic rings. The van der Waals surface area contributed by atoms with Crippen LogP contribution < -0.4 is 0 Å². The summed E-state index contributed by atoms with van der Waals surface area (Å²) in [5.74, 6) is -0.246. The van der Waals surface area contributed by atoms with Gasteiger partial charge >= 0.3 is 0 Å². The van der Waals surface area contributed by atoms with Crippen molar-refractivity contribution in [2.24, 2.45) is 0 Å². The van der Waals surface area contributed by atoms with Crippen LogP contribution in [0.4, 0.5) is 4.39 Å². The van der Waals surface area contributed by atoms with Crippen LogP contribution in [0.25, 0.3) is 0 Å². The highest BCUT2D eigenvalue weighted by Gasteiger charge is 2.10. The van der Waals surface area contributed by atoms with E-state index < -0.39 is 6.10 Å². The number of aliphatic hydroxyl groups excluding tert-OH is 1. The molecule has 0 aromatic heterocycles. The molecule has 2 heteroatoms. The molecule has 1 nitrogen and oxygen atoms in total. The summed E-state index contributed by atoms with van der Waals surface area (Å²) in [6, 6.07) is 11.0. The molecule has 0 radical (unpaired) electrons. The molecule has 0 saturated heterocycles. The highest BCUT2D eigenvalue weighted by Crippen LogP contribution is 2.16. The second-order valence-corrected chi connectivity index (χ2v) is 5.63. The van der Waals surface area contributed by atoms with Gasteiger partial charge in [-0.3, -0.25) is 0 Å². The van der Waals surface area contributed by atoms with E-state index >= 15 is 0 Å². The third-order valence-electron chi connectivity index (χ3n) is 3.52. The van der Waals surface area contributed by atoms with E-state index in [4.69, 9.17) is 0 Å². The van der Waals surface area contributed by atoms with Crippen LogP contribution in [0.5, 0.6) is 0 Å². The average Bonchev–Trinajstić information content (AvgIpc) is 2.32. The number of aryl methyl sites for hydroxylation is 3. The Labute approximate surface area is 120 Å². The molecule has 0 fully saturated rings. The molecular formula is C18H21FO. The predicted molar refractivity (Wildman–Crippen MR) is 80.5 cm³/mol. The van der Waals surface area contributed by atoms with Gasteiger partial charge in [-0.15, -0.1) is 0 Å². The minimum Gasteiger partial charge on any atom is -0.392 e. The molecule has 1 N–H and O–H groups in total. The van der Waals surface area contributed by atoms with Gasteiger partial charge in [0.15, 0.2) is 0 Å². The minimum absolute atomic E-state index is 0.246. The van der Waals surface area contributed by atoms with Crippen LogP contribution in [0.2, 0.25) is 0 Å². The maximum Gasteiger partial charge on any atom is 0.123 e. The molecule has 106 valence electrons. The van der Waals surface area contributed by atoms with Crippen LogP contribution in [0.3, 0.4) is 0 Å². The van der Waals surface area contributed by atoms with Crippen LogP contribution in [0.1, 0.15) is 27.8 Å². The number of rotatable bonds is 4. The SMILES string of the molecule is Cc1cc(C)cc(CC(O)Cc2cc(F)ccc2C)c1. The van der Waals surface area contributed by atoms with Gasteiger partial charge in [-0.2, -0.15) is 0 Å². The van der Waals surface area contributed by atoms with Crippen molar-refractivity contribution in [2.75, 3.05) is 0 Å². The Hall–Kier alpha value is -1.67. The molecule has 1 unspecified atom stereocenters. The Morgan fingerprint density at radius 2 is 1.60 bits per heavy atom. The smallest absolute Gasteiger partial charge is 0.123 e. The summed E-state index contributed by atoms with van der Waals surface area (Å²) in [5, 5.41) is 10.2. The summed E-state index contributed by atoms with van der Waals surface area (Å²) in [7, 11) is 0. The largest absolute Gasteiger partial charge is 0.392 e. The van der Waals surface area contributed by atoms with E-state index in [-0.39, 0.29) is 5.82 Å². The van der Waals surface area contributed by atoms with Gasteiger partial charge in [0.25, 0.3) is 0 Å². The molecule has 0 amide bonds. The number of hydrogen-bond donors (Lipinski definition) is 1. The summed E-state index contributed by atoms with van der Waals surface area (Å²) >= 11 is 0. The first-order valence-electron chi connectivity index (χ1n) is 6.94. The van der Waals surface area contributed by atoms with Crippen molar-refractivity contribution in [3.05, 3.63) is 70.0 Å². The maximum atomic E-state index is 13.2. The minimum atomic E-state index is -0.489. The number of hydrogen-bond acceptors (Lipinski definition) is 1. The molecule has 0 saturated carbocycles. The lowest BCUT2D eigenvalue weighted by Gasteiger charge is -2.14. The van der Waals surface area contributed by atoms with Gasteiger partial charge in [0, 0.05) is 0 Å². The van der Waals surface area contributed by atoms with Crippen LogP contribution in [-0.2, 0) is 12.8 Å². The first kappa shape index (κ1) is 14.7. The van der Waals surface area contributed by atoms with E-state index in [1.807, 2.05) is 6.92 Å². The Bertz CT molecular complexity index is 584. The number of aliphatic hydroxyl groups is 1. The summed E-state index contributed by atoms with van der Waals surface area (Å²) in [6.45, 7) is 6.05. The van der Waals surface area contributed by atoms with Crippen molar-refractivity contribution in [3.63, 3.8) is 0 Å². The fourth-order valence-corrected chi connectivity index (χ4v) is 2.64. The molecule has 20 heavy (non-hydrogen) atoms. The second kappa shape index (κ2) is 6.19. The molecule has 0 spiro atoms. The highest BCUT2D eigenvalue weighted by atomic mass is 19.1. The van der Waals surface area contributed by atoms with Gasteiger partial charge in [-0.05, 0) is 62.4 Å². The third-order valence-corrected chi connectivity index (χ3v) is 3.52. The zero-order valence-electron chi connectivity index (χ0n) is 12.3. The first-order chi connectivity index (χ1) is 9.44. The summed E-state index contributed by atoms with van der Waals surface area (Å²) in [5.41, 5.74) is 5.43. The third kappa shape index (κ3) is 3.91. The Morgan fingerprint density at radius 3 is 2.25 bits per heavy atom. The molecule has 1 atom stereocenters. The molecule has 0 aliphatic carbocycles. The maximum absolute atomic E-state index is 13.2. The van der Waals surface area contributed by atoms with E-state index in [9.17, 15) is 9.50 Å². The molecule has 2 rings (SSSR count). The van der Waals surface area contributed by atoms with E-state index in [0.29, 0.717) is 12.8 Å². The van der Waals surface area contributed by atoms with Crippen LogP contribution >= 0.6 is 0 Å². The van der Waals surface area contributed by atoms with Crippen molar-refractivity contribution < 1.29 is 9.50 Å². The Kier molecular flexibility index (Phi) is 4.56. The van der Waals surface area contributed by atoms with Gasteiger partial charge in [-0.1, -0.05) is 35.4 Å². The quantitative estimate of drug-likeness (QED) is 0.895. The van der Waals surface area contributed by atoms with E-state index in [0.717, 1.165) is 16.7 Å². The van der Waals surface area contributed by atoms with Crippen molar-refractivity contribution in [1.82, 2.24) is 0 Å². The van der Waals surface area contributed by atoms with Gasteiger partial charge in [0.05, 0.1) is 6.10 Å². The zero-order valence-corrected chi connectivity index (χ0v) is 12.3. The Balaban J connectivity index is 2.08. The second-order valence-electron chi connectivity index (χ2n) is 5.63. The molecule has 0 bridgehead atoms. The van der Waals surface area contributed by atoms with E-state index in [1.165, 1.54) is 23.3 Å². The first-order valence-corrected chi connectivity index (χ1v) is 6.94. The van der Waals surface area contributed by atoms with Crippen LogP contribution in [-0.4, -0.2) is 11.2 Å². The molecule has 2 aromatic rings. The predicted octanol–water partition coefficient (Wildman–Crippen LogP) is 3.90. The molecule has 0 heterocycles. The molecular weight excluding hydrogens is 251 g/mol. The highest BCUT2D eigenvalue weighted by molar-refractivity contribution is 5.30. The van der Waals surface area contributed by atoms with E-state index in [2.05, 4.69) is 32.0 Å². The zero-order chi connectivity index (χ0) is 14.7. The lowest BCUT2D eigenvalue weighted by molar-refractivity contribution is 0.175. The normalized spacial score (nSPS) is 12.4. The number of benzene rings is 2. The lowest BCUT2D eigenvalue weighted by Crippen LogP contribution is -2.15. The summed E-state index contributed by atoms with van der Waals surface area (Å²) < 4.78 is 13.2. The van der Waals surface area contributed by atoms with Crippen LogP contribution in [0.15, 0.2) is 36.4 Å². The van der Waals surface area contributed by atoms with Gasteiger partial charge in [0.2, 0.25) is 0 Å². The average molecular weight is 272 g/mol. The van der Waals surface area contributed by atoms with E-state index in [1.54, 1.807) is 6.07 Å². The monoisotopic (exact) mass is 272 g/mol. The van der Waals surface area contributed by atoms with Gasteiger partial charge < -0.3 is 5.11 Å². The number of halogens is 1. The summed E-state index contributed by atoms with van der Waals surface area (Å²) in [6.07, 6.45) is 0.589. The molecule has 0 aliphatic heterocycles. The lowest BCUT2D eigenvalue weighted by atomic mass is 9.96. The van der Waals surface area contributed by atoms with Gasteiger partial charge in [0.1, 0.15) is 5.82 Å². The molecule has 2 aromatic carbocycles. The van der Waals surface area contributed by atoms with Crippen molar-refractivity contribution in [3.8, 4) is 0 Å². The fourth-order valence-electron chi connectivity index (χ4n) is 2.64. The van der Waals surface area contributed by atoms with Crippen molar-refractivity contribution in [1.29, 1.82) is 0 Å². The topological polar surface area (TPSA) is 20.2 Å². The van der Waals surface area contributed by atoms with Crippen molar-refractivity contribution in [2.45, 2.75) is 39.7 Å².